The molecule has 2 amide bonds. The molecule has 0 unspecified atom stereocenters. The van der Waals surface area contributed by atoms with Crippen LogP contribution in [0.1, 0.15) is 21.5 Å². The van der Waals surface area contributed by atoms with E-state index in [0.29, 0.717) is 29.4 Å². The molecule has 2 aliphatic heterocycles. The Labute approximate surface area is 184 Å². The van der Waals surface area contributed by atoms with Crippen molar-refractivity contribution in [2.24, 2.45) is 0 Å². The summed E-state index contributed by atoms with van der Waals surface area (Å²) in [6, 6.07) is 24.6. The molecule has 0 N–H and O–H groups in total. The quantitative estimate of drug-likeness (QED) is 0.587. The monoisotopic (exact) mass is 434 g/mol. The average Bonchev–Trinajstić information content (AvgIpc) is 3.32. The molecule has 1 saturated heterocycles. The van der Waals surface area contributed by atoms with Crippen LogP contribution in [0.25, 0.3) is 0 Å². The van der Waals surface area contributed by atoms with Crippen LogP contribution in [0.5, 0.6) is 0 Å². The molecule has 1 atom stereocenters. The molecule has 150 valence electrons. The number of hydrogen-bond acceptors (Lipinski definition) is 3. The van der Waals surface area contributed by atoms with Gasteiger partial charge in [-0.2, -0.15) is 0 Å². The van der Waals surface area contributed by atoms with Crippen molar-refractivity contribution in [2.45, 2.75) is 11.4 Å². The van der Waals surface area contributed by atoms with Gasteiger partial charge in [0.15, 0.2) is 4.87 Å². The van der Waals surface area contributed by atoms with Crippen molar-refractivity contribution in [2.75, 3.05) is 17.2 Å². The van der Waals surface area contributed by atoms with E-state index in [1.54, 1.807) is 29.2 Å². The molecule has 0 radical (unpaired) electrons. The van der Waals surface area contributed by atoms with Crippen molar-refractivity contribution in [1.29, 1.82) is 0 Å². The zero-order valence-electron chi connectivity index (χ0n) is 16.1. The molecule has 0 aromatic heterocycles. The van der Waals surface area contributed by atoms with E-state index in [9.17, 15) is 9.59 Å². The molecule has 4 nitrogen and oxygen atoms in total. The molecule has 3 aromatic carbocycles. The maximum atomic E-state index is 13.9. The van der Waals surface area contributed by atoms with Gasteiger partial charge in [-0.05, 0) is 35.9 Å². The minimum Gasteiger partial charge on any atom is -0.311 e. The third-order valence-corrected chi connectivity index (χ3v) is 7.29. The van der Waals surface area contributed by atoms with Crippen LogP contribution in [-0.2, 0) is 16.2 Å². The Balaban J connectivity index is 1.57. The van der Waals surface area contributed by atoms with Gasteiger partial charge in [-0.3, -0.25) is 9.59 Å². The van der Waals surface area contributed by atoms with E-state index < -0.39 is 4.87 Å². The molecule has 0 bridgehead atoms. The fourth-order valence-electron chi connectivity index (χ4n) is 4.24. The SMILES string of the molecule is O=C(c1ccc(Cl)cc1)N1CCS[C@@]12C(=O)N(Cc1ccccc1)c1ccccc12. The molecule has 30 heavy (non-hydrogen) atoms. The summed E-state index contributed by atoms with van der Waals surface area (Å²) in [7, 11) is 0. The fourth-order valence-corrected chi connectivity index (χ4v) is 5.83. The number of carbonyl (C=O) groups is 2. The zero-order valence-corrected chi connectivity index (χ0v) is 17.7. The fraction of sp³-hybridized carbons (Fsp3) is 0.167. The van der Waals surface area contributed by atoms with Crippen LogP contribution in [0.4, 0.5) is 5.69 Å². The number of thioether (sulfide) groups is 1. The normalized spacial score (nSPS) is 20.1. The number of carbonyl (C=O) groups excluding carboxylic acids is 2. The van der Waals surface area contributed by atoms with Crippen LogP contribution in [0.2, 0.25) is 5.02 Å². The molecular formula is C24H19ClN2O2S. The van der Waals surface area contributed by atoms with Crippen molar-refractivity contribution >= 4 is 40.9 Å². The predicted octanol–water partition coefficient (Wildman–Crippen LogP) is 4.93. The average molecular weight is 435 g/mol. The highest BCUT2D eigenvalue weighted by atomic mass is 35.5. The number of nitrogens with zero attached hydrogens (tertiary/aromatic N) is 2. The Bertz CT molecular complexity index is 1120. The largest absolute Gasteiger partial charge is 0.311 e. The predicted molar refractivity (Wildman–Crippen MR) is 121 cm³/mol. The van der Waals surface area contributed by atoms with E-state index in [1.807, 2.05) is 59.5 Å². The molecule has 2 aliphatic rings. The van der Waals surface area contributed by atoms with Gasteiger partial charge in [0.25, 0.3) is 11.8 Å². The highest BCUT2D eigenvalue weighted by Crippen LogP contribution is 2.54. The molecule has 0 saturated carbocycles. The van der Waals surface area contributed by atoms with Gasteiger partial charge in [-0.25, -0.2) is 0 Å². The van der Waals surface area contributed by atoms with Gasteiger partial charge in [0, 0.05) is 28.4 Å². The van der Waals surface area contributed by atoms with Crippen molar-refractivity contribution in [3.05, 3.63) is 101 Å². The van der Waals surface area contributed by atoms with E-state index in [-0.39, 0.29) is 11.8 Å². The lowest BCUT2D eigenvalue weighted by Crippen LogP contribution is -2.50. The first-order valence-corrected chi connectivity index (χ1v) is 11.1. The van der Waals surface area contributed by atoms with Crippen molar-refractivity contribution in [3.8, 4) is 0 Å². The summed E-state index contributed by atoms with van der Waals surface area (Å²) < 4.78 is 0. The van der Waals surface area contributed by atoms with Gasteiger partial charge in [0.05, 0.1) is 12.2 Å². The van der Waals surface area contributed by atoms with Crippen LogP contribution in [0.15, 0.2) is 78.9 Å². The van der Waals surface area contributed by atoms with Gasteiger partial charge in [-0.15, -0.1) is 11.8 Å². The van der Waals surface area contributed by atoms with E-state index in [2.05, 4.69) is 0 Å². The molecule has 1 fully saturated rings. The number of amides is 2. The smallest absolute Gasteiger partial charge is 0.268 e. The molecule has 3 aromatic rings. The third-order valence-electron chi connectivity index (χ3n) is 5.62. The zero-order chi connectivity index (χ0) is 20.7. The van der Waals surface area contributed by atoms with Crippen molar-refractivity contribution < 1.29 is 9.59 Å². The minimum atomic E-state index is -1.03. The lowest BCUT2D eigenvalue weighted by Gasteiger charge is -2.33. The lowest BCUT2D eigenvalue weighted by atomic mass is 10.0. The number of benzene rings is 3. The lowest BCUT2D eigenvalue weighted by molar-refractivity contribution is -0.123. The summed E-state index contributed by atoms with van der Waals surface area (Å²) in [6.45, 7) is 0.993. The summed E-state index contributed by atoms with van der Waals surface area (Å²) in [4.78, 5) is 29.8. The van der Waals surface area contributed by atoms with Crippen LogP contribution in [-0.4, -0.2) is 29.0 Å². The molecule has 2 heterocycles. The van der Waals surface area contributed by atoms with Crippen LogP contribution in [0.3, 0.4) is 0 Å². The number of fused-ring (bicyclic) bond motifs is 2. The second kappa shape index (κ2) is 7.49. The first-order chi connectivity index (χ1) is 14.6. The number of anilines is 1. The number of rotatable bonds is 3. The summed E-state index contributed by atoms with van der Waals surface area (Å²) in [5.41, 5.74) is 3.34. The Morgan fingerprint density at radius 2 is 1.67 bits per heavy atom. The van der Waals surface area contributed by atoms with Gasteiger partial charge in [-0.1, -0.05) is 60.1 Å². The van der Waals surface area contributed by atoms with Gasteiger partial charge < -0.3 is 9.80 Å². The van der Waals surface area contributed by atoms with Crippen molar-refractivity contribution in [3.63, 3.8) is 0 Å². The number of para-hydroxylation sites is 1. The first-order valence-electron chi connectivity index (χ1n) is 9.78. The highest BCUT2D eigenvalue weighted by Gasteiger charge is 2.59. The minimum absolute atomic E-state index is 0.0580. The number of hydrogen-bond donors (Lipinski definition) is 0. The van der Waals surface area contributed by atoms with E-state index in [0.717, 1.165) is 16.8 Å². The molecule has 6 heteroatoms. The first kappa shape index (κ1) is 19.2. The number of halogens is 1. The Kier molecular flexibility index (Phi) is 4.80. The highest BCUT2D eigenvalue weighted by molar-refractivity contribution is 8.01. The summed E-state index contributed by atoms with van der Waals surface area (Å²) in [6.07, 6.45) is 0. The second-order valence-corrected chi connectivity index (χ2v) is 9.07. The topological polar surface area (TPSA) is 40.6 Å². The second-order valence-electron chi connectivity index (χ2n) is 7.35. The summed E-state index contributed by atoms with van der Waals surface area (Å²) >= 11 is 7.53. The van der Waals surface area contributed by atoms with Crippen molar-refractivity contribution in [1.82, 2.24) is 4.90 Å². The molecule has 1 spiro atoms. The maximum absolute atomic E-state index is 13.9. The summed E-state index contributed by atoms with van der Waals surface area (Å²) in [5.74, 6) is 0.497. The Hall–Kier alpha value is -2.76. The molecule has 5 rings (SSSR count). The van der Waals surface area contributed by atoms with E-state index in [1.165, 1.54) is 11.8 Å². The van der Waals surface area contributed by atoms with Crippen LogP contribution >= 0.6 is 23.4 Å². The van der Waals surface area contributed by atoms with E-state index >= 15 is 0 Å². The third kappa shape index (κ3) is 2.92. The maximum Gasteiger partial charge on any atom is 0.268 e. The standard InChI is InChI=1S/C24H19ClN2O2S/c25-19-12-10-18(11-13-19)22(28)27-14-15-30-24(27)20-8-4-5-9-21(20)26(23(24)29)16-17-6-2-1-3-7-17/h1-13H,14-16H2/t24-/m0/s1. The van der Waals surface area contributed by atoms with Gasteiger partial charge >= 0.3 is 0 Å². The van der Waals surface area contributed by atoms with E-state index in [4.69, 9.17) is 11.6 Å². The summed E-state index contributed by atoms with van der Waals surface area (Å²) in [5, 5.41) is 0.577. The van der Waals surface area contributed by atoms with Gasteiger partial charge in [0.1, 0.15) is 0 Å². The van der Waals surface area contributed by atoms with Gasteiger partial charge in [0.2, 0.25) is 0 Å². The Morgan fingerprint density at radius 1 is 0.967 bits per heavy atom. The Morgan fingerprint density at radius 3 is 2.43 bits per heavy atom. The van der Waals surface area contributed by atoms with Crippen LogP contribution in [0, 0.1) is 0 Å². The molecule has 0 aliphatic carbocycles. The molecular weight excluding hydrogens is 416 g/mol. The van der Waals surface area contributed by atoms with Crippen LogP contribution < -0.4 is 4.90 Å².